The molecule has 0 saturated carbocycles. The molecule has 8 heteroatoms. The van der Waals surface area contributed by atoms with Crippen LogP contribution in [-0.4, -0.2) is 43.8 Å². The molecular weight excluding hydrogens is 314 g/mol. The van der Waals surface area contributed by atoms with Crippen LogP contribution in [0.5, 0.6) is 0 Å². The largest absolute Gasteiger partial charge is 0.466 e. The number of nitrogens with zero attached hydrogens (tertiary/aromatic N) is 5. The highest BCUT2D eigenvalue weighted by molar-refractivity contribution is 7.98. The highest BCUT2D eigenvalue weighted by Crippen LogP contribution is 2.16. The fourth-order valence-electron chi connectivity index (χ4n) is 2.05. The van der Waals surface area contributed by atoms with E-state index < -0.39 is 0 Å². The maximum absolute atomic E-state index is 11.2. The number of esters is 1. The average Bonchev–Trinajstić information content (AvgIpc) is 3.04. The number of carbonyl (C=O) groups excluding carboxylic acids is 1. The average molecular weight is 335 g/mol. The maximum Gasteiger partial charge on any atom is 0.305 e. The van der Waals surface area contributed by atoms with Gasteiger partial charge in [-0.2, -0.15) is 0 Å². The molecule has 2 aromatic heterocycles. The molecule has 23 heavy (non-hydrogen) atoms. The van der Waals surface area contributed by atoms with E-state index in [9.17, 15) is 4.79 Å². The molecule has 7 nitrogen and oxygen atoms in total. The summed E-state index contributed by atoms with van der Waals surface area (Å²) in [5.41, 5.74) is 1.63. The van der Waals surface area contributed by atoms with Crippen molar-refractivity contribution in [3.63, 3.8) is 0 Å². The van der Waals surface area contributed by atoms with Gasteiger partial charge in [-0.1, -0.05) is 23.4 Å². The summed E-state index contributed by atoms with van der Waals surface area (Å²) in [7, 11) is 0. The van der Waals surface area contributed by atoms with Crippen molar-refractivity contribution >= 4 is 17.7 Å². The first-order valence-corrected chi connectivity index (χ1v) is 8.87. The van der Waals surface area contributed by atoms with E-state index in [-0.39, 0.29) is 5.97 Å². The van der Waals surface area contributed by atoms with Gasteiger partial charge in [0.1, 0.15) is 5.69 Å². The van der Waals surface area contributed by atoms with Gasteiger partial charge in [0.2, 0.25) is 0 Å². The molecule has 2 aromatic rings. The molecule has 0 bridgehead atoms. The van der Waals surface area contributed by atoms with Gasteiger partial charge in [0.15, 0.2) is 5.16 Å². The zero-order valence-corrected chi connectivity index (χ0v) is 14.3. The van der Waals surface area contributed by atoms with Crippen LogP contribution in [0.4, 0.5) is 0 Å². The second-order valence-corrected chi connectivity index (χ2v) is 5.71. The molecule has 0 radical (unpaired) electrons. The normalized spacial score (nSPS) is 10.7. The fraction of sp³-hybridized carbons (Fsp3) is 0.533. The molecule has 2 heterocycles. The predicted molar refractivity (Wildman–Crippen MR) is 87.9 cm³/mol. The maximum atomic E-state index is 11.2. The van der Waals surface area contributed by atoms with Crippen molar-refractivity contribution < 1.29 is 9.53 Å². The molecule has 124 valence electrons. The number of aromatic nitrogens is 5. The summed E-state index contributed by atoms with van der Waals surface area (Å²) in [6, 6.07) is 0. The molecule has 0 atom stereocenters. The standard InChI is InChI=1S/C15H21N5O2S/c1-3-22-14(21)7-5-4-6-8-20-11-13(18-19-20)12-9-16-15(23-2)17-10-12/h9-11H,3-8H2,1-2H3. The first-order valence-electron chi connectivity index (χ1n) is 7.65. The second kappa shape index (κ2) is 9.24. The van der Waals surface area contributed by atoms with Gasteiger partial charge < -0.3 is 4.74 Å². The molecule has 0 aliphatic heterocycles. The summed E-state index contributed by atoms with van der Waals surface area (Å²) in [6.07, 6.45) is 10.6. The molecule has 0 aromatic carbocycles. The van der Waals surface area contributed by atoms with E-state index in [2.05, 4.69) is 20.3 Å². The fourth-order valence-corrected chi connectivity index (χ4v) is 2.36. The van der Waals surface area contributed by atoms with Crippen LogP contribution in [0.15, 0.2) is 23.7 Å². The van der Waals surface area contributed by atoms with Gasteiger partial charge in [-0.3, -0.25) is 9.48 Å². The molecule has 0 saturated heterocycles. The van der Waals surface area contributed by atoms with E-state index in [1.807, 2.05) is 24.1 Å². The lowest BCUT2D eigenvalue weighted by Crippen LogP contribution is -2.04. The van der Waals surface area contributed by atoms with Gasteiger partial charge in [-0.25, -0.2) is 9.97 Å². The number of rotatable bonds is 9. The Bertz CT molecular complexity index is 615. The molecule has 0 spiro atoms. The minimum absolute atomic E-state index is 0.121. The van der Waals surface area contributed by atoms with Crippen LogP contribution in [0.3, 0.4) is 0 Å². The number of hydrogen-bond acceptors (Lipinski definition) is 7. The number of carbonyl (C=O) groups is 1. The first-order chi connectivity index (χ1) is 11.2. The van der Waals surface area contributed by atoms with Gasteiger partial charge in [-0.15, -0.1) is 5.10 Å². The Morgan fingerprint density at radius 2 is 2.04 bits per heavy atom. The van der Waals surface area contributed by atoms with Crippen molar-refractivity contribution in [3.8, 4) is 11.3 Å². The number of hydrogen-bond donors (Lipinski definition) is 0. The third kappa shape index (κ3) is 5.63. The van der Waals surface area contributed by atoms with Crippen molar-refractivity contribution in [1.82, 2.24) is 25.0 Å². The van der Waals surface area contributed by atoms with Gasteiger partial charge in [0.25, 0.3) is 0 Å². The summed E-state index contributed by atoms with van der Waals surface area (Å²) < 4.78 is 6.70. The number of ether oxygens (including phenoxy) is 1. The first kappa shape index (κ1) is 17.4. The monoisotopic (exact) mass is 335 g/mol. The van der Waals surface area contributed by atoms with Crippen molar-refractivity contribution in [2.75, 3.05) is 12.9 Å². The second-order valence-electron chi connectivity index (χ2n) is 4.94. The van der Waals surface area contributed by atoms with Gasteiger partial charge >= 0.3 is 5.97 Å². The van der Waals surface area contributed by atoms with E-state index >= 15 is 0 Å². The van der Waals surface area contributed by atoms with Crippen LogP contribution in [0.25, 0.3) is 11.3 Å². The van der Waals surface area contributed by atoms with E-state index in [0.29, 0.717) is 13.0 Å². The number of thioether (sulfide) groups is 1. The molecule has 0 N–H and O–H groups in total. The lowest BCUT2D eigenvalue weighted by molar-refractivity contribution is -0.143. The minimum Gasteiger partial charge on any atom is -0.466 e. The minimum atomic E-state index is -0.121. The number of aryl methyl sites for hydroxylation is 1. The summed E-state index contributed by atoms with van der Waals surface area (Å²) in [4.78, 5) is 19.7. The highest BCUT2D eigenvalue weighted by atomic mass is 32.2. The molecule has 0 fully saturated rings. The predicted octanol–water partition coefficient (Wildman–Crippen LogP) is 2.58. The van der Waals surface area contributed by atoms with Crippen LogP contribution in [0, 0.1) is 0 Å². The Morgan fingerprint density at radius 1 is 1.26 bits per heavy atom. The topological polar surface area (TPSA) is 82.8 Å². The Kier molecular flexibility index (Phi) is 6.99. The third-order valence-electron chi connectivity index (χ3n) is 3.22. The van der Waals surface area contributed by atoms with E-state index in [1.54, 1.807) is 12.4 Å². The molecule has 0 aliphatic carbocycles. The Labute approximate surface area is 139 Å². The number of unbranched alkanes of at least 4 members (excludes halogenated alkanes) is 2. The molecule has 2 rings (SSSR count). The molecule has 0 aliphatic rings. The smallest absolute Gasteiger partial charge is 0.305 e. The van der Waals surface area contributed by atoms with Crippen LogP contribution in [-0.2, 0) is 16.1 Å². The molecule has 0 amide bonds. The van der Waals surface area contributed by atoms with Crippen molar-refractivity contribution in [2.45, 2.75) is 44.3 Å². The van der Waals surface area contributed by atoms with E-state index in [0.717, 1.165) is 42.2 Å². The summed E-state index contributed by atoms with van der Waals surface area (Å²) >= 11 is 1.50. The Morgan fingerprint density at radius 3 is 2.74 bits per heavy atom. The van der Waals surface area contributed by atoms with Crippen LogP contribution in [0.2, 0.25) is 0 Å². The summed E-state index contributed by atoms with van der Waals surface area (Å²) in [5, 5.41) is 9.00. The summed E-state index contributed by atoms with van der Waals surface area (Å²) in [6.45, 7) is 3.04. The third-order valence-corrected chi connectivity index (χ3v) is 3.79. The molecular formula is C15H21N5O2S. The SMILES string of the molecule is CCOC(=O)CCCCCn1cc(-c2cnc(SC)nc2)nn1. The lowest BCUT2D eigenvalue weighted by Gasteiger charge is -2.02. The van der Waals surface area contributed by atoms with Crippen molar-refractivity contribution in [3.05, 3.63) is 18.6 Å². The van der Waals surface area contributed by atoms with Gasteiger partial charge in [0.05, 0.1) is 12.8 Å². The highest BCUT2D eigenvalue weighted by Gasteiger charge is 2.06. The Balaban J connectivity index is 1.75. The summed E-state index contributed by atoms with van der Waals surface area (Å²) in [5.74, 6) is -0.121. The van der Waals surface area contributed by atoms with E-state index in [1.165, 1.54) is 11.8 Å². The van der Waals surface area contributed by atoms with Crippen molar-refractivity contribution in [1.29, 1.82) is 0 Å². The van der Waals surface area contributed by atoms with Gasteiger partial charge in [-0.05, 0) is 26.0 Å². The zero-order valence-electron chi connectivity index (χ0n) is 13.4. The molecule has 0 unspecified atom stereocenters. The van der Waals surface area contributed by atoms with Crippen LogP contribution < -0.4 is 0 Å². The lowest BCUT2D eigenvalue weighted by atomic mass is 10.2. The van der Waals surface area contributed by atoms with Crippen LogP contribution >= 0.6 is 11.8 Å². The van der Waals surface area contributed by atoms with Gasteiger partial charge in [0, 0.05) is 30.9 Å². The Hall–Kier alpha value is -1.96. The van der Waals surface area contributed by atoms with E-state index in [4.69, 9.17) is 4.74 Å². The quantitative estimate of drug-likeness (QED) is 0.301. The van der Waals surface area contributed by atoms with Crippen molar-refractivity contribution in [2.24, 2.45) is 0 Å². The van der Waals surface area contributed by atoms with Crippen LogP contribution in [0.1, 0.15) is 32.6 Å². The zero-order chi connectivity index (χ0) is 16.5.